The molecule has 2 rings (SSSR count). The summed E-state index contributed by atoms with van der Waals surface area (Å²) in [6.45, 7) is 2.21. The van der Waals surface area contributed by atoms with Crippen molar-refractivity contribution >= 4 is 29.0 Å². The number of hydrogen-bond acceptors (Lipinski definition) is 5. The Bertz CT molecular complexity index is 707. The molecule has 1 amide bonds. The summed E-state index contributed by atoms with van der Waals surface area (Å²) in [5, 5.41) is 13.7. The normalized spacial score (nSPS) is 10.2. The van der Waals surface area contributed by atoms with Crippen LogP contribution in [0.15, 0.2) is 48.5 Å². The van der Waals surface area contributed by atoms with Gasteiger partial charge >= 0.3 is 0 Å². The molecule has 126 valence electrons. The highest BCUT2D eigenvalue weighted by Gasteiger charge is 2.17. The minimum atomic E-state index is -0.532. The van der Waals surface area contributed by atoms with Gasteiger partial charge in [0.1, 0.15) is 11.4 Å². The van der Waals surface area contributed by atoms with Gasteiger partial charge in [-0.05, 0) is 24.6 Å². The molecule has 0 spiro atoms. The number of nitro benzene ring substituents is 1. The van der Waals surface area contributed by atoms with E-state index in [-0.39, 0.29) is 23.0 Å². The topological polar surface area (TPSA) is 81.5 Å². The van der Waals surface area contributed by atoms with Gasteiger partial charge < -0.3 is 10.1 Å². The lowest BCUT2D eigenvalue weighted by molar-refractivity contribution is -0.384. The first-order valence-corrected chi connectivity index (χ1v) is 8.58. The maximum absolute atomic E-state index is 12.0. The lowest BCUT2D eigenvalue weighted by Crippen LogP contribution is -2.15. The average molecular weight is 346 g/mol. The second kappa shape index (κ2) is 8.93. The Hall–Kier alpha value is -2.54. The van der Waals surface area contributed by atoms with Gasteiger partial charge in [-0.25, -0.2) is 0 Å². The molecule has 0 aliphatic heterocycles. The molecule has 0 atom stereocenters. The maximum atomic E-state index is 12.0. The summed E-state index contributed by atoms with van der Waals surface area (Å²) in [6, 6.07) is 14.2. The highest BCUT2D eigenvalue weighted by atomic mass is 32.2. The van der Waals surface area contributed by atoms with Gasteiger partial charge in [-0.1, -0.05) is 30.3 Å². The van der Waals surface area contributed by atoms with Crippen LogP contribution in [0, 0.1) is 10.1 Å². The molecule has 0 aromatic heterocycles. The summed E-state index contributed by atoms with van der Waals surface area (Å²) in [6.07, 6.45) is 0. The molecule has 0 unspecified atom stereocenters. The molecule has 0 fully saturated rings. The van der Waals surface area contributed by atoms with E-state index in [4.69, 9.17) is 4.74 Å². The van der Waals surface area contributed by atoms with Gasteiger partial charge in [-0.3, -0.25) is 14.9 Å². The molecule has 7 heteroatoms. The molecular formula is C17H18N2O4S. The van der Waals surface area contributed by atoms with Crippen molar-refractivity contribution in [2.75, 3.05) is 17.7 Å². The maximum Gasteiger partial charge on any atom is 0.296 e. The number of anilines is 1. The smallest absolute Gasteiger partial charge is 0.296 e. The van der Waals surface area contributed by atoms with Gasteiger partial charge in [0.15, 0.2) is 0 Å². The fraction of sp³-hybridized carbons (Fsp3) is 0.235. The van der Waals surface area contributed by atoms with Crippen molar-refractivity contribution in [2.45, 2.75) is 12.7 Å². The van der Waals surface area contributed by atoms with Gasteiger partial charge in [-0.2, -0.15) is 0 Å². The van der Waals surface area contributed by atoms with Crippen molar-refractivity contribution in [2.24, 2.45) is 0 Å². The van der Waals surface area contributed by atoms with Crippen molar-refractivity contribution in [1.29, 1.82) is 0 Å². The summed E-state index contributed by atoms with van der Waals surface area (Å²) >= 11 is 1.45. The molecule has 24 heavy (non-hydrogen) atoms. The second-order valence-electron chi connectivity index (χ2n) is 4.90. The summed E-state index contributed by atoms with van der Waals surface area (Å²) in [5.41, 5.74) is 1.12. The minimum Gasteiger partial charge on any atom is -0.494 e. The van der Waals surface area contributed by atoms with E-state index in [1.165, 1.54) is 23.9 Å². The third-order valence-corrected chi connectivity index (χ3v) is 4.10. The molecule has 6 nitrogen and oxygen atoms in total. The summed E-state index contributed by atoms with van der Waals surface area (Å²) in [7, 11) is 0. The zero-order chi connectivity index (χ0) is 17.4. The van der Waals surface area contributed by atoms with Crippen LogP contribution in [-0.2, 0) is 10.5 Å². The number of nitro groups is 1. The Morgan fingerprint density at radius 1 is 1.25 bits per heavy atom. The molecule has 1 N–H and O–H groups in total. The quantitative estimate of drug-likeness (QED) is 0.580. The summed E-state index contributed by atoms with van der Waals surface area (Å²) in [5.74, 6) is 1.06. The lowest BCUT2D eigenvalue weighted by atomic mass is 10.2. The predicted octanol–water partition coefficient (Wildman–Crippen LogP) is 3.87. The first kappa shape index (κ1) is 17.8. The first-order valence-electron chi connectivity index (χ1n) is 7.43. The van der Waals surface area contributed by atoms with E-state index in [9.17, 15) is 14.9 Å². The number of nitrogens with zero attached hydrogens (tertiary/aromatic N) is 1. The van der Waals surface area contributed by atoms with Crippen LogP contribution in [0.5, 0.6) is 5.75 Å². The van der Waals surface area contributed by atoms with E-state index < -0.39 is 4.92 Å². The van der Waals surface area contributed by atoms with Crippen molar-refractivity contribution in [1.82, 2.24) is 0 Å². The van der Waals surface area contributed by atoms with Crippen LogP contribution in [0.2, 0.25) is 0 Å². The van der Waals surface area contributed by atoms with Gasteiger partial charge in [0.25, 0.3) is 5.69 Å². The van der Waals surface area contributed by atoms with Gasteiger partial charge in [0, 0.05) is 5.75 Å². The molecular weight excluding hydrogens is 328 g/mol. The number of rotatable bonds is 8. The van der Waals surface area contributed by atoms with E-state index in [1.807, 2.05) is 30.3 Å². The van der Waals surface area contributed by atoms with Crippen LogP contribution in [0.25, 0.3) is 0 Å². The fourth-order valence-corrected chi connectivity index (χ4v) is 2.83. The first-order chi connectivity index (χ1) is 11.6. The Morgan fingerprint density at radius 2 is 2.00 bits per heavy atom. The van der Waals surface area contributed by atoms with Crippen LogP contribution < -0.4 is 10.1 Å². The van der Waals surface area contributed by atoms with E-state index >= 15 is 0 Å². The number of carbonyl (C=O) groups excluding carboxylic acids is 1. The third kappa shape index (κ3) is 5.27. The Kier molecular flexibility index (Phi) is 6.62. The Balaban J connectivity index is 1.94. The number of benzene rings is 2. The van der Waals surface area contributed by atoms with E-state index in [2.05, 4.69) is 5.32 Å². The van der Waals surface area contributed by atoms with Gasteiger partial charge in [0.2, 0.25) is 5.91 Å². The predicted molar refractivity (Wildman–Crippen MR) is 95.5 cm³/mol. The van der Waals surface area contributed by atoms with Crippen molar-refractivity contribution < 1.29 is 14.5 Å². The fourth-order valence-electron chi connectivity index (χ4n) is 2.05. The monoisotopic (exact) mass is 346 g/mol. The van der Waals surface area contributed by atoms with Crippen LogP contribution in [0.4, 0.5) is 11.4 Å². The van der Waals surface area contributed by atoms with E-state index in [0.717, 1.165) is 5.56 Å². The average Bonchev–Trinajstić information content (AvgIpc) is 2.57. The molecule has 0 heterocycles. The van der Waals surface area contributed by atoms with Crippen LogP contribution >= 0.6 is 11.8 Å². The molecule has 0 aliphatic rings. The zero-order valence-corrected chi connectivity index (χ0v) is 14.0. The number of amides is 1. The number of thioether (sulfide) groups is 1. The zero-order valence-electron chi connectivity index (χ0n) is 13.2. The van der Waals surface area contributed by atoms with Gasteiger partial charge in [0.05, 0.1) is 23.3 Å². The molecule has 2 aromatic rings. The Labute approximate surface area is 144 Å². The van der Waals surface area contributed by atoms with Gasteiger partial charge in [-0.15, -0.1) is 11.8 Å². The van der Waals surface area contributed by atoms with E-state index in [1.54, 1.807) is 13.0 Å². The van der Waals surface area contributed by atoms with E-state index in [0.29, 0.717) is 18.1 Å². The highest BCUT2D eigenvalue weighted by molar-refractivity contribution is 7.99. The lowest BCUT2D eigenvalue weighted by Gasteiger charge is -2.08. The number of hydrogen-bond donors (Lipinski definition) is 1. The molecule has 0 radical (unpaired) electrons. The van der Waals surface area contributed by atoms with Crippen LogP contribution in [0.1, 0.15) is 12.5 Å². The number of nitrogens with one attached hydrogen (secondary N) is 1. The molecule has 0 bridgehead atoms. The number of ether oxygens (including phenoxy) is 1. The van der Waals surface area contributed by atoms with Crippen LogP contribution in [-0.4, -0.2) is 23.2 Å². The largest absolute Gasteiger partial charge is 0.494 e. The summed E-state index contributed by atoms with van der Waals surface area (Å²) in [4.78, 5) is 22.6. The van der Waals surface area contributed by atoms with Crippen LogP contribution in [0.3, 0.4) is 0 Å². The minimum absolute atomic E-state index is 0.175. The Morgan fingerprint density at radius 3 is 2.67 bits per heavy atom. The molecule has 0 aliphatic carbocycles. The molecule has 0 saturated heterocycles. The van der Waals surface area contributed by atoms with Crippen molar-refractivity contribution in [3.8, 4) is 5.75 Å². The highest BCUT2D eigenvalue weighted by Crippen LogP contribution is 2.29. The van der Waals surface area contributed by atoms with Crippen molar-refractivity contribution in [3.05, 3.63) is 64.2 Å². The third-order valence-electron chi connectivity index (χ3n) is 3.10. The molecule has 0 saturated carbocycles. The SMILES string of the molecule is CCOc1ccc(NC(=O)CSCc2ccccc2)c([N+](=O)[O-])c1. The standard InChI is InChI=1S/C17H18N2O4S/c1-2-23-14-8-9-15(16(10-14)19(21)22)18-17(20)12-24-11-13-6-4-3-5-7-13/h3-10H,2,11-12H2,1H3,(H,18,20). The second-order valence-corrected chi connectivity index (χ2v) is 5.88. The molecule has 2 aromatic carbocycles. The number of carbonyl (C=O) groups is 1. The van der Waals surface area contributed by atoms with Crippen molar-refractivity contribution in [3.63, 3.8) is 0 Å². The summed E-state index contributed by atoms with van der Waals surface area (Å²) < 4.78 is 5.25.